The molecule has 0 fully saturated rings. The van der Waals surface area contributed by atoms with Gasteiger partial charge in [0.05, 0.1) is 21.3 Å². The SMILES string of the molecule is [B]c1ccc(Nc2ncnc(Nc3cc(OC)c(OC)c(OC)c3)n2)cc1. The Kier molecular flexibility index (Phi) is 5.60. The van der Waals surface area contributed by atoms with Crippen molar-refractivity contribution in [3.63, 3.8) is 0 Å². The lowest BCUT2D eigenvalue weighted by atomic mass is 9.96. The molecule has 3 rings (SSSR count). The van der Waals surface area contributed by atoms with E-state index >= 15 is 0 Å². The van der Waals surface area contributed by atoms with E-state index in [4.69, 9.17) is 22.1 Å². The van der Waals surface area contributed by atoms with Gasteiger partial charge < -0.3 is 24.8 Å². The summed E-state index contributed by atoms with van der Waals surface area (Å²) < 4.78 is 16.0. The number of benzene rings is 2. The summed E-state index contributed by atoms with van der Waals surface area (Å²) in [5, 5.41) is 6.20. The van der Waals surface area contributed by atoms with Crippen LogP contribution in [0, 0.1) is 0 Å². The van der Waals surface area contributed by atoms with E-state index in [1.54, 1.807) is 45.6 Å². The fourth-order valence-corrected chi connectivity index (χ4v) is 2.39. The molecule has 1 aromatic heterocycles. The Morgan fingerprint density at radius 2 is 1.33 bits per heavy atom. The Morgan fingerprint density at radius 1 is 0.778 bits per heavy atom. The highest BCUT2D eigenvalue weighted by Gasteiger charge is 2.14. The quantitative estimate of drug-likeness (QED) is 0.618. The molecule has 2 radical (unpaired) electrons. The lowest BCUT2D eigenvalue weighted by molar-refractivity contribution is 0.324. The number of hydrogen-bond donors (Lipinski definition) is 2. The van der Waals surface area contributed by atoms with Gasteiger partial charge in [0.2, 0.25) is 17.6 Å². The van der Waals surface area contributed by atoms with Crippen LogP contribution in [0.2, 0.25) is 0 Å². The van der Waals surface area contributed by atoms with Crippen LogP contribution in [0.25, 0.3) is 0 Å². The van der Waals surface area contributed by atoms with Crippen molar-refractivity contribution < 1.29 is 14.2 Å². The van der Waals surface area contributed by atoms with Crippen LogP contribution in [0.1, 0.15) is 0 Å². The molecule has 1 heterocycles. The van der Waals surface area contributed by atoms with E-state index in [1.165, 1.54) is 6.33 Å². The average molecular weight is 363 g/mol. The Bertz CT molecular complexity index is 896. The molecule has 8 nitrogen and oxygen atoms in total. The molecule has 2 N–H and O–H groups in total. The molecule has 9 heteroatoms. The molecule has 0 unspecified atom stereocenters. The van der Waals surface area contributed by atoms with Crippen molar-refractivity contribution in [3.8, 4) is 17.2 Å². The third-order valence-electron chi connectivity index (χ3n) is 3.66. The summed E-state index contributed by atoms with van der Waals surface area (Å²) in [6.07, 6.45) is 1.41. The molecule has 0 saturated heterocycles. The molecule has 0 amide bonds. The van der Waals surface area contributed by atoms with Gasteiger partial charge in [-0.1, -0.05) is 17.6 Å². The van der Waals surface area contributed by atoms with E-state index in [9.17, 15) is 0 Å². The van der Waals surface area contributed by atoms with Crippen LogP contribution < -0.4 is 30.3 Å². The number of rotatable bonds is 7. The highest BCUT2D eigenvalue weighted by molar-refractivity contribution is 6.32. The number of anilines is 4. The highest BCUT2D eigenvalue weighted by atomic mass is 16.5. The highest BCUT2D eigenvalue weighted by Crippen LogP contribution is 2.40. The van der Waals surface area contributed by atoms with Crippen LogP contribution in [0.3, 0.4) is 0 Å². The molecule has 0 saturated carbocycles. The minimum Gasteiger partial charge on any atom is -0.493 e. The lowest BCUT2D eigenvalue weighted by Gasteiger charge is -2.14. The average Bonchev–Trinajstić information content (AvgIpc) is 2.69. The van der Waals surface area contributed by atoms with E-state index in [2.05, 4.69) is 25.6 Å². The molecule has 0 aliphatic rings. The number of aromatic nitrogens is 3. The van der Waals surface area contributed by atoms with Gasteiger partial charge in [0.25, 0.3) is 0 Å². The summed E-state index contributed by atoms with van der Waals surface area (Å²) in [6.45, 7) is 0. The van der Waals surface area contributed by atoms with Crippen molar-refractivity contribution in [1.82, 2.24) is 15.0 Å². The Labute approximate surface area is 158 Å². The fraction of sp³-hybridized carbons (Fsp3) is 0.167. The fourth-order valence-electron chi connectivity index (χ4n) is 2.39. The Hall–Kier alpha value is -3.49. The largest absolute Gasteiger partial charge is 0.493 e. The maximum atomic E-state index is 5.69. The number of ether oxygens (including phenoxy) is 3. The van der Waals surface area contributed by atoms with Crippen LogP contribution in [0.15, 0.2) is 42.7 Å². The second-order valence-electron chi connectivity index (χ2n) is 5.42. The van der Waals surface area contributed by atoms with E-state index in [0.717, 1.165) is 5.69 Å². The molecule has 3 aromatic rings. The van der Waals surface area contributed by atoms with Crippen LogP contribution in [-0.2, 0) is 0 Å². The van der Waals surface area contributed by atoms with E-state index in [-0.39, 0.29) is 0 Å². The zero-order valence-electron chi connectivity index (χ0n) is 15.2. The van der Waals surface area contributed by atoms with Gasteiger partial charge in [-0.15, -0.1) is 0 Å². The summed E-state index contributed by atoms with van der Waals surface area (Å²) in [6, 6.07) is 10.8. The molecule has 0 spiro atoms. The molecular weight excluding hydrogens is 345 g/mol. The van der Waals surface area contributed by atoms with Gasteiger partial charge in [-0.05, 0) is 12.1 Å². The van der Waals surface area contributed by atoms with Crippen molar-refractivity contribution in [2.75, 3.05) is 32.0 Å². The number of nitrogens with one attached hydrogen (secondary N) is 2. The van der Waals surface area contributed by atoms with Crippen molar-refractivity contribution in [3.05, 3.63) is 42.7 Å². The molecule has 27 heavy (non-hydrogen) atoms. The second kappa shape index (κ2) is 8.26. The van der Waals surface area contributed by atoms with Crippen molar-refractivity contribution in [2.45, 2.75) is 0 Å². The first kappa shape index (κ1) is 18.3. The standard InChI is InChI=1S/C18H18BN5O3/c1-25-14-8-13(9-15(26-2)16(14)27-3)23-18-21-10-20-17(24-18)22-12-6-4-11(19)5-7-12/h4-10H,1-3H3,(H2,20,21,22,23,24). The minimum atomic E-state index is 0.359. The third-order valence-corrected chi connectivity index (χ3v) is 3.66. The molecule has 2 aromatic carbocycles. The first-order valence-corrected chi connectivity index (χ1v) is 8.01. The molecular formula is C18H18BN5O3. The smallest absolute Gasteiger partial charge is 0.232 e. The number of hydrogen-bond acceptors (Lipinski definition) is 8. The van der Waals surface area contributed by atoms with Crippen LogP contribution in [0.4, 0.5) is 23.3 Å². The zero-order valence-corrected chi connectivity index (χ0v) is 15.2. The maximum Gasteiger partial charge on any atom is 0.232 e. The molecule has 0 aliphatic carbocycles. The second-order valence-corrected chi connectivity index (χ2v) is 5.42. The molecule has 0 aliphatic heterocycles. The van der Waals surface area contributed by atoms with Gasteiger partial charge in [-0.3, -0.25) is 0 Å². The van der Waals surface area contributed by atoms with E-state index in [0.29, 0.717) is 40.3 Å². The minimum absolute atomic E-state index is 0.359. The van der Waals surface area contributed by atoms with Crippen molar-refractivity contribution in [2.24, 2.45) is 0 Å². The molecule has 0 bridgehead atoms. The predicted octanol–water partition coefficient (Wildman–Crippen LogP) is 2.18. The van der Waals surface area contributed by atoms with Crippen LogP contribution in [-0.4, -0.2) is 44.1 Å². The third kappa shape index (κ3) is 4.38. The maximum absolute atomic E-state index is 5.69. The van der Waals surface area contributed by atoms with Gasteiger partial charge in [0.15, 0.2) is 11.5 Å². The van der Waals surface area contributed by atoms with Gasteiger partial charge in [-0.2, -0.15) is 4.98 Å². The summed E-state index contributed by atoms with van der Waals surface area (Å²) in [4.78, 5) is 12.6. The van der Waals surface area contributed by atoms with Gasteiger partial charge in [0.1, 0.15) is 14.2 Å². The molecule has 0 atom stereocenters. The van der Waals surface area contributed by atoms with Crippen LogP contribution in [0.5, 0.6) is 17.2 Å². The van der Waals surface area contributed by atoms with E-state index < -0.39 is 0 Å². The molecule has 136 valence electrons. The normalized spacial score (nSPS) is 10.2. The van der Waals surface area contributed by atoms with Gasteiger partial charge in [-0.25, -0.2) is 9.97 Å². The number of nitrogens with zero attached hydrogens (tertiary/aromatic N) is 3. The first-order chi connectivity index (χ1) is 13.1. The number of methoxy groups -OCH3 is 3. The zero-order chi connectivity index (χ0) is 19.2. The topological polar surface area (TPSA) is 90.4 Å². The summed E-state index contributed by atoms with van der Waals surface area (Å²) >= 11 is 0. The summed E-state index contributed by atoms with van der Waals surface area (Å²) in [5.74, 6) is 2.30. The first-order valence-electron chi connectivity index (χ1n) is 8.01. The Balaban J connectivity index is 1.82. The van der Waals surface area contributed by atoms with Gasteiger partial charge >= 0.3 is 0 Å². The van der Waals surface area contributed by atoms with E-state index in [1.807, 2.05) is 12.1 Å². The van der Waals surface area contributed by atoms with Gasteiger partial charge in [0, 0.05) is 23.5 Å². The van der Waals surface area contributed by atoms with Crippen molar-refractivity contribution >= 4 is 36.6 Å². The van der Waals surface area contributed by atoms with Crippen LogP contribution >= 0.6 is 0 Å². The van der Waals surface area contributed by atoms with Crippen molar-refractivity contribution in [1.29, 1.82) is 0 Å². The summed E-state index contributed by atoms with van der Waals surface area (Å²) in [5.41, 5.74) is 2.17. The predicted molar refractivity (Wildman–Crippen MR) is 104 cm³/mol. The summed E-state index contributed by atoms with van der Waals surface area (Å²) in [7, 11) is 10.3. The monoisotopic (exact) mass is 363 g/mol. The Morgan fingerprint density at radius 3 is 1.85 bits per heavy atom. The lowest BCUT2D eigenvalue weighted by Crippen LogP contribution is -2.05.